The lowest BCUT2D eigenvalue weighted by atomic mass is 10.1. The van der Waals surface area contributed by atoms with E-state index in [2.05, 4.69) is 37.8 Å². The lowest BCUT2D eigenvalue weighted by Gasteiger charge is -2.22. The van der Waals surface area contributed by atoms with E-state index in [1.165, 1.54) is 6.20 Å². The van der Waals surface area contributed by atoms with E-state index in [1.54, 1.807) is 30.2 Å². The van der Waals surface area contributed by atoms with Crippen molar-refractivity contribution in [2.24, 2.45) is 0 Å². The summed E-state index contributed by atoms with van der Waals surface area (Å²) in [5.41, 5.74) is 1.53. The van der Waals surface area contributed by atoms with E-state index in [4.69, 9.17) is 14.3 Å². The molecule has 0 spiro atoms. The first-order valence-corrected chi connectivity index (χ1v) is 13.6. The Morgan fingerprint density at radius 3 is 2.63 bits per heavy atom. The van der Waals surface area contributed by atoms with Gasteiger partial charge in [0.1, 0.15) is 16.8 Å². The summed E-state index contributed by atoms with van der Waals surface area (Å²) in [6.07, 6.45) is 0.114. The van der Waals surface area contributed by atoms with Gasteiger partial charge in [0.25, 0.3) is 5.91 Å². The van der Waals surface area contributed by atoms with Crippen LogP contribution in [-0.4, -0.2) is 77.7 Å². The van der Waals surface area contributed by atoms with Crippen LogP contribution in [0.5, 0.6) is 0 Å². The third-order valence-corrected chi connectivity index (χ3v) is 6.54. The fourth-order valence-corrected chi connectivity index (χ4v) is 4.76. The lowest BCUT2D eigenvalue weighted by Crippen LogP contribution is -2.41. The Bertz CT molecular complexity index is 1750. The van der Waals surface area contributed by atoms with Crippen LogP contribution in [0, 0.1) is 11.8 Å². The van der Waals surface area contributed by atoms with E-state index in [1.807, 2.05) is 37.3 Å². The number of benzene rings is 1. The monoisotopic (exact) mass is 586 g/mol. The number of amides is 3. The third-order valence-electron chi connectivity index (χ3n) is 6.54. The van der Waals surface area contributed by atoms with Crippen molar-refractivity contribution in [2.45, 2.75) is 52.3 Å². The molecule has 3 N–H and O–H groups in total. The van der Waals surface area contributed by atoms with Gasteiger partial charge < -0.3 is 24.6 Å². The number of pyridine rings is 1. The Hall–Kier alpha value is -5.45. The molecule has 43 heavy (non-hydrogen) atoms. The van der Waals surface area contributed by atoms with Gasteiger partial charge in [-0.1, -0.05) is 24.1 Å². The highest BCUT2D eigenvalue weighted by molar-refractivity contribution is 6.06. The van der Waals surface area contributed by atoms with E-state index in [0.29, 0.717) is 36.2 Å². The highest BCUT2D eigenvalue weighted by atomic mass is 16.6. The molecule has 14 heteroatoms. The molecule has 1 saturated heterocycles. The summed E-state index contributed by atoms with van der Waals surface area (Å²) < 4.78 is 11.9. The summed E-state index contributed by atoms with van der Waals surface area (Å²) in [5, 5.41) is 21.8. The van der Waals surface area contributed by atoms with Crippen molar-refractivity contribution in [1.82, 2.24) is 35.1 Å². The van der Waals surface area contributed by atoms with Crippen molar-refractivity contribution in [3.05, 3.63) is 53.3 Å². The summed E-state index contributed by atoms with van der Waals surface area (Å²) in [6.45, 7) is 8.22. The van der Waals surface area contributed by atoms with Gasteiger partial charge in [-0.25, -0.2) is 24.2 Å². The topological polar surface area (TPSA) is 178 Å². The second kappa shape index (κ2) is 11.8. The molecule has 0 bridgehead atoms. The number of nitrogens with one attached hydrogen (secondary N) is 2. The third kappa shape index (κ3) is 6.40. The molecule has 4 aromatic rings. The summed E-state index contributed by atoms with van der Waals surface area (Å²) in [5.74, 6) is 5.89. The van der Waals surface area contributed by atoms with Crippen LogP contribution in [0.3, 0.4) is 0 Å². The number of aromatic nitrogens is 5. The quantitative estimate of drug-likeness (QED) is 0.292. The Labute approximate surface area is 246 Å². The molecule has 1 fully saturated rings. The Morgan fingerprint density at radius 2 is 1.93 bits per heavy atom. The maximum atomic E-state index is 13.9. The average Bonchev–Trinajstić information content (AvgIpc) is 3.69. The van der Waals surface area contributed by atoms with Crippen LogP contribution < -0.4 is 10.6 Å². The van der Waals surface area contributed by atoms with Gasteiger partial charge in [0.2, 0.25) is 5.82 Å². The molecule has 222 valence electrons. The molecule has 3 amide bonds. The number of carbonyl (C=O) groups is 3. The Morgan fingerprint density at radius 1 is 1.16 bits per heavy atom. The van der Waals surface area contributed by atoms with Crippen LogP contribution in [0.25, 0.3) is 22.6 Å². The molecule has 1 atom stereocenters. The molecule has 4 heterocycles. The van der Waals surface area contributed by atoms with Gasteiger partial charge in [0.05, 0.1) is 17.1 Å². The number of alkyl carbamates (subject to hydrolysis) is 1. The second-order valence-corrected chi connectivity index (χ2v) is 10.8. The molecule has 1 aliphatic heterocycles. The van der Waals surface area contributed by atoms with E-state index >= 15 is 0 Å². The molecule has 5 rings (SSSR count). The zero-order chi connectivity index (χ0) is 30.7. The Balaban J connectivity index is 1.55. The van der Waals surface area contributed by atoms with Gasteiger partial charge in [-0.2, -0.15) is 0 Å². The number of rotatable bonds is 5. The minimum atomic E-state index is -1.35. The lowest BCUT2D eigenvalue weighted by molar-refractivity contribution is 0.0502. The molecule has 0 radical (unpaired) electrons. The number of imidazole rings is 1. The maximum absolute atomic E-state index is 13.9. The van der Waals surface area contributed by atoms with E-state index in [9.17, 15) is 19.5 Å². The molecule has 0 saturated carbocycles. The van der Waals surface area contributed by atoms with Gasteiger partial charge in [-0.15, -0.1) is 0 Å². The van der Waals surface area contributed by atoms with Gasteiger partial charge in [-0.3, -0.25) is 10.1 Å². The number of aryl methyl sites for hydroxylation is 1. The molecular weight excluding hydrogens is 556 g/mol. The van der Waals surface area contributed by atoms with Crippen molar-refractivity contribution in [3.8, 4) is 23.4 Å². The SMILES string of the molecule is CCn1c(-c2nonc2NC(=O)O)nc2c(C#Cc3ccccc3)ncc(C(=O)N3CCC(NC(=O)OC(C)(C)C)C3)c21. The van der Waals surface area contributed by atoms with Crippen LogP contribution in [0.4, 0.5) is 15.4 Å². The average molecular weight is 587 g/mol. The normalized spacial score (nSPS) is 14.7. The summed E-state index contributed by atoms with van der Waals surface area (Å²) in [6, 6.07) is 9.06. The maximum Gasteiger partial charge on any atom is 0.410 e. The van der Waals surface area contributed by atoms with E-state index < -0.39 is 17.8 Å². The summed E-state index contributed by atoms with van der Waals surface area (Å²) in [4.78, 5) is 48.4. The zero-order valence-corrected chi connectivity index (χ0v) is 24.0. The highest BCUT2D eigenvalue weighted by Gasteiger charge is 2.32. The fraction of sp³-hybridized carbons (Fsp3) is 0.345. The molecule has 0 aliphatic carbocycles. The van der Waals surface area contributed by atoms with Gasteiger partial charge in [0.15, 0.2) is 11.5 Å². The van der Waals surface area contributed by atoms with Crippen molar-refractivity contribution in [1.29, 1.82) is 0 Å². The number of fused-ring (bicyclic) bond motifs is 1. The summed E-state index contributed by atoms with van der Waals surface area (Å²) in [7, 11) is 0. The van der Waals surface area contributed by atoms with Crippen molar-refractivity contribution in [3.63, 3.8) is 0 Å². The molecule has 1 aromatic carbocycles. The highest BCUT2D eigenvalue weighted by Crippen LogP contribution is 2.31. The first-order chi connectivity index (χ1) is 20.5. The van der Waals surface area contributed by atoms with Crippen LogP contribution >= 0.6 is 0 Å². The molecule has 3 aromatic heterocycles. The second-order valence-electron chi connectivity index (χ2n) is 10.8. The number of hydrogen-bond donors (Lipinski definition) is 3. The predicted molar refractivity (Wildman–Crippen MR) is 154 cm³/mol. The smallest absolute Gasteiger partial charge is 0.410 e. The van der Waals surface area contributed by atoms with Crippen LogP contribution in [0.1, 0.15) is 55.7 Å². The number of carboxylic acid groups (broad SMARTS) is 1. The standard InChI is InChI=1S/C29H30N8O6/c1-5-37-23-19(26(38)36-14-13-18(16-36)31-28(41)42-29(2,3)4)15-30-20(12-11-17-9-7-6-8-10-17)21(23)32-25(37)22-24(33-27(39)40)35-43-34-22/h6-10,15,18H,5,13-14,16H2,1-4H3,(H,31,41)(H,33,35)(H,39,40). The van der Waals surface area contributed by atoms with E-state index in [-0.39, 0.29) is 41.4 Å². The number of ether oxygens (including phenoxy) is 1. The minimum Gasteiger partial charge on any atom is -0.465 e. The Kier molecular flexibility index (Phi) is 7.98. The van der Waals surface area contributed by atoms with Crippen molar-refractivity contribution in [2.75, 3.05) is 18.4 Å². The number of carbonyl (C=O) groups excluding carboxylic acids is 2. The number of anilines is 1. The number of likely N-dealkylation sites (tertiary alicyclic amines) is 1. The van der Waals surface area contributed by atoms with Crippen molar-refractivity contribution >= 4 is 34.9 Å². The fourth-order valence-electron chi connectivity index (χ4n) is 4.76. The first kappa shape index (κ1) is 29.1. The molecular formula is C29H30N8O6. The predicted octanol–water partition coefficient (Wildman–Crippen LogP) is 3.73. The van der Waals surface area contributed by atoms with Crippen molar-refractivity contribution < 1.29 is 28.9 Å². The molecule has 1 unspecified atom stereocenters. The molecule has 14 nitrogen and oxygen atoms in total. The van der Waals surface area contributed by atoms with Gasteiger partial charge in [-0.05, 0) is 62.5 Å². The number of hydrogen-bond acceptors (Lipinski definition) is 9. The zero-order valence-electron chi connectivity index (χ0n) is 24.0. The van der Waals surface area contributed by atoms with E-state index in [0.717, 1.165) is 5.56 Å². The summed E-state index contributed by atoms with van der Waals surface area (Å²) >= 11 is 0. The first-order valence-electron chi connectivity index (χ1n) is 13.6. The largest absolute Gasteiger partial charge is 0.465 e. The van der Waals surface area contributed by atoms with Gasteiger partial charge >= 0.3 is 12.2 Å². The number of nitrogens with zero attached hydrogens (tertiary/aromatic N) is 6. The van der Waals surface area contributed by atoms with Crippen LogP contribution in [0.15, 0.2) is 41.2 Å². The van der Waals surface area contributed by atoms with Crippen LogP contribution in [-0.2, 0) is 11.3 Å². The minimum absolute atomic E-state index is 0.0450. The van der Waals surface area contributed by atoms with Crippen LogP contribution in [0.2, 0.25) is 0 Å². The van der Waals surface area contributed by atoms with Gasteiger partial charge in [0, 0.05) is 31.4 Å². The molecule has 1 aliphatic rings.